The lowest BCUT2D eigenvalue weighted by Gasteiger charge is -2.08. The summed E-state index contributed by atoms with van der Waals surface area (Å²) in [7, 11) is 0. The molecule has 2 rings (SSSR count). The summed E-state index contributed by atoms with van der Waals surface area (Å²) in [4.78, 5) is 0. The maximum absolute atomic E-state index is 5.55. The third kappa shape index (κ3) is 3.75. The van der Waals surface area contributed by atoms with E-state index in [2.05, 4.69) is 19.2 Å². The summed E-state index contributed by atoms with van der Waals surface area (Å²) in [5.41, 5.74) is 1.14. The van der Waals surface area contributed by atoms with Crippen LogP contribution >= 0.6 is 0 Å². The standard InChI is InChI=1S/C14H19NO3/c1-11(2)15-8-12-5-7-18-14(12)10-16-9-13-4-3-6-17-13/h3-7,11,15H,8-10H2,1-2H3. The molecule has 0 aliphatic carbocycles. The number of hydrogen-bond donors (Lipinski definition) is 1. The molecule has 0 aliphatic rings. The molecule has 0 unspecified atom stereocenters. The Morgan fingerprint density at radius 3 is 2.78 bits per heavy atom. The van der Waals surface area contributed by atoms with Gasteiger partial charge in [0.05, 0.1) is 12.5 Å². The van der Waals surface area contributed by atoms with E-state index in [-0.39, 0.29) is 0 Å². The summed E-state index contributed by atoms with van der Waals surface area (Å²) in [6, 6.07) is 6.17. The minimum Gasteiger partial charge on any atom is -0.467 e. The Kier molecular flexibility index (Phi) is 4.61. The third-order valence-electron chi connectivity index (χ3n) is 2.60. The number of rotatable bonds is 7. The Hall–Kier alpha value is -1.52. The highest BCUT2D eigenvalue weighted by molar-refractivity contribution is 5.16. The van der Waals surface area contributed by atoms with Gasteiger partial charge in [-0.2, -0.15) is 0 Å². The number of hydrogen-bond acceptors (Lipinski definition) is 4. The normalized spacial score (nSPS) is 11.3. The Labute approximate surface area is 107 Å². The Balaban J connectivity index is 1.80. The minimum absolute atomic E-state index is 0.455. The van der Waals surface area contributed by atoms with Crippen LogP contribution in [-0.2, 0) is 24.5 Å². The Bertz CT molecular complexity index is 445. The van der Waals surface area contributed by atoms with Gasteiger partial charge >= 0.3 is 0 Å². The maximum Gasteiger partial charge on any atom is 0.133 e. The fourth-order valence-electron chi connectivity index (χ4n) is 1.60. The van der Waals surface area contributed by atoms with Gasteiger partial charge in [-0.05, 0) is 18.2 Å². The van der Waals surface area contributed by atoms with Crippen LogP contribution in [-0.4, -0.2) is 6.04 Å². The van der Waals surface area contributed by atoms with E-state index in [0.717, 1.165) is 23.6 Å². The first-order valence-corrected chi connectivity index (χ1v) is 6.14. The summed E-state index contributed by atoms with van der Waals surface area (Å²) in [5, 5.41) is 3.36. The first-order chi connectivity index (χ1) is 8.75. The third-order valence-corrected chi connectivity index (χ3v) is 2.60. The number of nitrogens with one attached hydrogen (secondary N) is 1. The van der Waals surface area contributed by atoms with Crippen LogP contribution in [0.3, 0.4) is 0 Å². The van der Waals surface area contributed by atoms with Crippen molar-refractivity contribution >= 4 is 0 Å². The van der Waals surface area contributed by atoms with E-state index in [1.807, 2.05) is 18.2 Å². The minimum atomic E-state index is 0.455. The van der Waals surface area contributed by atoms with Crippen LogP contribution in [0.5, 0.6) is 0 Å². The molecule has 0 saturated heterocycles. The van der Waals surface area contributed by atoms with E-state index < -0.39 is 0 Å². The molecule has 0 aromatic carbocycles. The molecule has 98 valence electrons. The van der Waals surface area contributed by atoms with Gasteiger partial charge in [-0.15, -0.1) is 0 Å². The fourth-order valence-corrected chi connectivity index (χ4v) is 1.60. The van der Waals surface area contributed by atoms with Crippen LogP contribution in [0.25, 0.3) is 0 Å². The summed E-state index contributed by atoms with van der Waals surface area (Å²) >= 11 is 0. The van der Waals surface area contributed by atoms with Gasteiger partial charge in [0, 0.05) is 18.2 Å². The highest BCUT2D eigenvalue weighted by atomic mass is 16.5. The van der Waals surface area contributed by atoms with E-state index in [0.29, 0.717) is 19.3 Å². The molecule has 0 fully saturated rings. The van der Waals surface area contributed by atoms with E-state index in [1.165, 1.54) is 0 Å². The lowest BCUT2D eigenvalue weighted by Crippen LogP contribution is -2.22. The summed E-state index contributed by atoms with van der Waals surface area (Å²) < 4.78 is 16.2. The van der Waals surface area contributed by atoms with Crippen molar-refractivity contribution in [2.75, 3.05) is 0 Å². The van der Waals surface area contributed by atoms with E-state index >= 15 is 0 Å². The molecule has 4 nitrogen and oxygen atoms in total. The van der Waals surface area contributed by atoms with Gasteiger partial charge in [-0.1, -0.05) is 13.8 Å². The molecular formula is C14H19NO3. The second-order valence-corrected chi connectivity index (χ2v) is 4.48. The van der Waals surface area contributed by atoms with Crippen LogP contribution in [0.2, 0.25) is 0 Å². The van der Waals surface area contributed by atoms with Gasteiger partial charge < -0.3 is 18.9 Å². The fraction of sp³-hybridized carbons (Fsp3) is 0.429. The predicted molar refractivity (Wildman–Crippen MR) is 67.9 cm³/mol. The van der Waals surface area contributed by atoms with Crippen molar-refractivity contribution in [1.29, 1.82) is 0 Å². The molecular weight excluding hydrogens is 230 g/mol. The lowest BCUT2D eigenvalue weighted by molar-refractivity contribution is 0.0796. The molecule has 0 radical (unpaired) electrons. The zero-order valence-corrected chi connectivity index (χ0v) is 10.8. The number of ether oxygens (including phenoxy) is 1. The zero-order chi connectivity index (χ0) is 12.8. The second-order valence-electron chi connectivity index (χ2n) is 4.48. The van der Waals surface area contributed by atoms with Crippen LogP contribution in [0.1, 0.15) is 30.9 Å². The molecule has 1 N–H and O–H groups in total. The monoisotopic (exact) mass is 249 g/mol. The molecule has 0 atom stereocenters. The first kappa shape index (κ1) is 12.9. The molecule has 2 aromatic rings. The highest BCUT2D eigenvalue weighted by Gasteiger charge is 2.07. The van der Waals surface area contributed by atoms with Crippen molar-refractivity contribution < 1.29 is 13.6 Å². The average Bonchev–Trinajstić information content (AvgIpc) is 2.97. The maximum atomic E-state index is 5.55. The molecule has 4 heteroatoms. The van der Waals surface area contributed by atoms with Gasteiger partial charge in [0.1, 0.15) is 24.7 Å². The zero-order valence-electron chi connectivity index (χ0n) is 10.8. The van der Waals surface area contributed by atoms with Crippen molar-refractivity contribution in [3.05, 3.63) is 47.8 Å². The van der Waals surface area contributed by atoms with Crippen LogP contribution in [0, 0.1) is 0 Å². The van der Waals surface area contributed by atoms with Crippen molar-refractivity contribution in [1.82, 2.24) is 5.32 Å². The van der Waals surface area contributed by atoms with Gasteiger partial charge in [0.15, 0.2) is 0 Å². The molecule has 0 amide bonds. The summed E-state index contributed by atoms with van der Waals surface area (Å²) in [5.74, 6) is 1.69. The SMILES string of the molecule is CC(C)NCc1ccoc1COCc1ccco1. The molecule has 0 saturated carbocycles. The highest BCUT2D eigenvalue weighted by Crippen LogP contribution is 2.13. The van der Waals surface area contributed by atoms with Crippen LogP contribution in [0.4, 0.5) is 0 Å². The second kappa shape index (κ2) is 6.42. The lowest BCUT2D eigenvalue weighted by atomic mass is 10.2. The van der Waals surface area contributed by atoms with Crippen molar-refractivity contribution in [3.63, 3.8) is 0 Å². The molecule has 0 spiro atoms. The van der Waals surface area contributed by atoms with Gasteiger partial charge in [0.25, 0.3) is 0 Å². The topological polar surface area (TPSA) is 47.5 Å². The molecule has 2 heterocycles. The van der Waals surface area contributed by atoms with E-state index in [4.69, 9.17) is 13.6 Å². The largest absolute Gasteiger partial charge is 0.467 e. The van der Waals surface area contributed by atoms with Crippen molar-refractivity contribution in [2.45, 2.75) is 39.6 Å². The van der Waals surface area contributed by atoms with Crippen LogP contribution < -0.4 is 5.32 Å². The van der Waals surface area contributed by atoms with Gasteiger partial charge in [-0.25, -0.2) is 0 Å². The predicted octanol–water partition coefficient (Wildman–Crippen LogP) is 3.09. The van der Waals surface area contributed by atoms with E-state index in [1.54, 1.807) is 12.5 Å². The molecule has 0 bridgehead atoms. The average molecular weight is 249 g/mol. The van der Waals surface area contributed by atoms with Crippen molar-refractivity contribution in [2.24, 2.45) is 0 Å². The van der Waals surface area contributed by atoms with E-state index in [9.17, 15) is 0 Å². The Morgan fingerprint density at radius 2 is 2.06 bits per heavy atom. The molecule has 18 heavy (non-hydrogen) atoms. The smallest absolute Gasteiger partial charge is 0.133 e. The molecule has 0 aliphatic heterocycles. The first-order valence-electron chi connectivity index (χ1n) is 6.14. The quantitative estimate of drug-likeness (QED) is 0.819. The summed E-state index contributed by atoms with van der Waals surface area (Å²) in [6.45, 7) is 5.96. The molecule has 2 aromatic heterocycles. The van der Waals surface area contributed by atoms with Gasteiger partial charge in [-0.3, -0.25) is 0 Å². The summed E-state index contributed by atoms with van der Waals surface area (Å²) in [6.07, 6.45) is 3.34. The van der Waals surface area contributed by atoms with Crippen molar-refractivity contribution in [3.8, 4) is 0 Å². The Morgan fingerprint density at radius 1 is 1.17 bits per heavy atom. The van der Waals surface area contributed by atoms with Crippen LogP contribution in [0.15, 0.2) is 39.6 Å². The number of furan rings is 2. The van der Waals surface area contributed by atoms with Gasteiger partial charge in [0.2, 0.25) is 0 Å².